The van der Waals surface area contributed by atoms with E-state index >= 15 is 0 Å². The summed E-state index contributed by atoms with van der Waals surface area (Å²) in [5.74, 6) is -2.30. The number of aromatic nitrogens is 2. The smallest absolute Gasteiger partial charge is 0.168 e. The van der Waals surface area contributed by atoms with Gasteiger partial charge >= 0.3 is 0 Å². The first-order valence-electron chi connectivity index (χ1n) is 7.68. The Bertz CT molecular complexity index is 1110. The average Bonchev–Trinajstić information content (AvgIpc) is 3.05. The van der Waals surface area contributed by atoms with Crippen LogP contribution in [0.4, 0.5) is 24.7 Å². The zero-order valence-corrected chi connectivity index (χ0v) is 13.9. The molecule has 0 unspecified atom stereocenters. The molecule has 0 aliphatic rings. The summed E-state index contributed by atoms with van der Waals surface area (Å²) in [6.45, 7) is 0. The molecule has 130 valence electrons. The highest BCUT2D eigenvalue weighted by Gasteiger charge is 2.18. The molecule has 0 radical (unpaired) electrons. The number of anilines is 2. The number of halogens is 4. The fourth-order valence-electron chi connectivity index (χ4n) is 2.73. The number of hydrogen-bond donors (Lipinski definition) is 2. The van der Waals surface area contributed by atoms with E-state index in [1.165, 1.54) is 6.07 Å². The van der Waals surface area contributed by atoms with E-state index in [2.05, 4.69) is 15.5 Å². The molecular weight excluding hydrogens is 363 g/mol. The number of hydrogen-bond acceptors (Lipinski definition) is 2. The van der Waals surface area contributed by atoms with Crippen molar-refractivity contribution in [3.05, 3.63) is 77.1 Å². The van der Waals surface area contributed by atoms with E-state index in [9.17, 15) is 13.2 Å². The third-order valence-corrected chi connectivity index (χ3v) is 4.38. The lowest BCUT2D eigenvalue weighted by Crippen LogP contribution is -1.94. The molecule has 0 saturated heterocycles. The first kappa shape index (κ1) is 16.5. The summed E-state index contributed by atoms with van der Waals surface area (Å²) < 4.78 is 41.2. The van der Waals surface area contributed by atoms with Crippen LogP contribution < -0.4 is 5.32 Å². The molecule has 1 aromatic heterocycles. The second kappa shape index (κ2) is 6.38. The Morgan fingerprint density at radius 3 is 2.42 bits per heavy atom. The van der Waals surface area contributed by atoms with Crippen LogP contribution in [0.5, 0.6) is 0 Å². The summed E-state index contributed by atoms with van der Waals surface area (Å²) in [5, 5.41) is 9.89. The fraction of sp³-hybridized carbons (Fsp3) is 0. The van der Waals surface area contributed by atoms with E-state index < -0.39 is 17.5 Å². The summed E-state index contributed by atoms with van der Waals surface area (Å²) >= 11 is 6.18. The van der Waals surface area contributed by atoms with Crippen molar-refractivity contribution in [1.82, 2.24) is 10.2 Å². The minimum absolute atomic E-state index is 0.0215. The molecular formula is C19H11ClF3N3. The number of fused-ring (bicyclic) bond motifs is 1. The highest BCUT2D eigenvalue weighted by Crippen LogP contribution is 2.37. The Hall–Kier alpha value is -2.99. The molecule has 0 fully saturated rings. The Balaban J connectivity index is 1.84. The van der Waals surface area contributed by atoms with E-state index in [1.54, 1.807) is 6.07 Å². The minimum atomic E-state index is -0.992. The molecule has 0 amide bonds. The maximum atomic E-state index is 14.7. The van der Waals surface area contributed by atoms with Gasteiger partial charge in [-0.2, -0.15) is 5.10 Å². The van der Waals surface area contributed by atoms with E-state index in [0.717, 1.165) is 17.7 Å². The molecule has 7 heteroatoms. The Morgan fingerprint density at radius 1 is 0.923 bits per heavy atom. The lowest BCUT2D eigenvalue weighted by atomic mass is 10.0. The summed E-state index contributed by atoms with van der Waals surface area (Å²) in [7, 11) is 0. The molecule has 3 nitrogen and oxygen atoms in total. The zero-order chi connectivity index (χ0) is 18.3. The lowest BCUT2D eigenvalue weighted by Gasteiger charge is -2.08. The first-order valence-corrected chi connectivity index (χ1v) is 8.06. The number of benzene rings is 3. The molecule has 3 aromatic carbocycles. The van der Waals surface area contributed by atoms with Crippen molar-refractivity contribution in [2.24, 2.45) is 0 Å². The Kier molecular flexibility index (Phi) is 4.05. The highest BCUT2D eigenvalue weighted by atomic mass is 35.5. The zero-order valence-electron chi connectivity index (χ0n) is 13.2. The lowest BCUT2D eigenvalue weighted by molar-refractivity contribution is 0.509. The van der Waals surface area contributed by atoms with Crippen LogP contribution in [0, 0.1) is 17.5 Å². The fourth-order valence-corrected chi connectivity index (χ4v) is 2.99. The topological polar surface area (TPSA) is 40.7 Å². The molecule has 0 aliphatic heterocycles. The number of nitrogens with zero attached hydrogens (tertiary/aromatic N) is 1. The van der Waals surface area contributed by atoms with Gasteiger partial charge in [0, 0.05) is 22.7 Å². The first-order chi connectivity index (χ1) is 12.5. The summed E-state index contributed by atoms with van der Waals surface area (Å²) in [4.78, 5) is 0. The molecule has 4 aromatic rings. The predicted molar refractivity (Wildman–Crippen MR) is 96.1 cm³/mol. The SMILES string of the molecule is Fc1ccc(Nc2n[nH]c3c(F)c(Cl)c(-c4ccccc4)cc23)cc1F. The van der Waals surface area contributed by atoms with E-state index in [-0.39, 0.29) is 22.0 Å². The molecule has 0 bridgehead atoms. The Labute approximate surface area is 151 Å². The van der Waals surface area contributed by atoms with Crippen molar-refractivity contribution >= 4 is 34.0 Å². The third kappa shape index (κ3) is 2.78. The monoisotopic (exact) mass is 373 g/mol. The quantitative estimate of drug-likeness (QED) is 0.459. The largest absolute Gasteiger partial charge is 0.338 e. The van der Waals surface area contributed by atoms with Crippen LogP contribution in [0.25, 0.3) is 22.0 Å². The van der Waals surface area contributed by atoms with Gasteiger partial charge in [-0.05, 0) is 23.8 Å². The molecule has 0 spiro atoms. The number of nitrogens with one attached hydrogen (secondary N) is 2. The molecule has 2 N–H and O–H groups in total. The van der Waals surface area contributed by atoms with Crippen molar-refractivity contribution in [2.45, 2.75) is 0 Å². The van der Waals surface area contributed by atoms with Gasteiger partial charge in [0.25, 0.3) is 0 Å². The Morgan fingerprint density at radius 2 is 1.69 bits per heavy atom. The van der Waals surface area contributed by atoms with Crippen LogP contribution in [0.15, 0.2) is 54.6 Å². The van der Waals surface area contributed by atoms with Crippen LogP contribution in [0.3, 0.4) is 0 Å². The van der Waals surface area contributed by atoms with E-state index in [0.29, 0.717) is 10.9 Å². The van der Waals surface area contributed by atoms with Crippen molar-refractivity contribution in [1.29, 1.82) is 0 Å². The summed E-state index contributed by atoms with van der Waals surface area (Å²) in [6, 6.07) is 14.2. The van der Waals surface area contributed by atoms with Gasteiger partial charge in [-0.3, -0.25) is 5.10 Å². The van der Waals surface area contributed by atoms with Gasteiger partial charge in [0.05, 0.1) is 5.02 Å². The minimum Gasteiger partial charge on any atom is -0.338 e. The maximum Gasteiger partial charge on any atom is 0.168 e. The van der Waals surface area contributed by atoms with Gasteiger partial charge < -0.3 is 5.32 Å². The summed E-state index contributed by atoms with van der Waals surface area (Å²) in [6.07, 6.45) is 0. The summed E-state index contributed by atoms with van der Waals surface area (Å²) in [5.41, 5.74) is 1.67. The normalized spacial score (nSPS) is 11.1. The van der Waals surface area contributed by atoms with Gasteiger partial charge in [-0.15, -0.1) is 0 Å². The van der Waals surface area contributed by atoms with Crippen molar-refractivity contribution in [3.63, 3.8) is 0 Å². The van der Waals surface area contributed by atoms with Crippen molar-refractivity contribution in [2.75, 3.05) is 5.32 Å². The molecule has 26 heavy (non-hydrogen) atoms. The van der Waals surface area contributed by atoms with Gasteiger partial charge in [-0.25, -0.2) is 13.2 Å². The van der Waals surface area contributed by atoms with Crippen LogP contribution in [-0.2, 0) is 0 Å². The predicted octanol–water partition coefficient (Wildman–Crippen LogP) is 6.04. The second-order valence-electron chi connectivity index (χ2n) is 5.67. The molecule has 0 atom stereocenters. The van der Waals surface area contributed by atoms with E-state index in [1.807, 2.05) is 30.3 Å². The van der Waals surface area contributed by atoms with Gasteiger partial charge in [0.2, 0.25) is 0 Å². The second-order valence-corrected chi connectivity index (χ2v) is 6.04. The number of H-pyrrole nitrogens is 1. The van der Waals surface area contributed by atoms with Crippen LogP contribution in [0.2, 0.25) is 5.02 Å². The number of aromatic amines is 1. The van der Waals surface area contributed by atoms with Gasteiger partial charge in [-0.1, -0.05) is 41.9 Å². The molecule has 0 saturated carbocycles. The van der Waals surface area contributed by atoms with Gasteiger partial charge in [0.15, 0.2) is 23.3 Å². The standard InChI is InChI=1S/C19H11ClF3N3/c20-16-12(10-4-2-1-3-5-10)9-13-18(17(16)23)25-26-19(13)24-11-6-7-14(21)15(22)8-11/h1-9H,(H2,24,25,26). The van der Waals surface area contributed by atoms with E-state index in [4.69, 9.17) is 11.6 Å². The van der Waals surface area contributed by atoms with Crippen LogP contribution in [0.1, 0.15) is 0 Å². The van der Waals surface area contributed by atoms with Crippen LogP contribution >= 0.6 is 11.6 Å². The molecule has 1 heterocycles. The maximum absolute atomic E-state index is 14.7. The average molecular weight is 374 g/mol. The number of rotatable bonds is 3. The van der Waals surface area contributed by atoms with Crippen LogP contribution in [-0.4, -0.2) is 10.2 Å². The third-order valence-electron chi connectivity index (χ3n) is 4.01. The molecule has 0 aliphatic carbocycles. The van der Waals surface area contributed by atoms with Crippen molar-refractivity contribution in [3.8, 4) is 11.1 Å². The van der Waals surface area contributed by atoms with Gasteiger partial charge in [0.1, 0.15) is 5.52 Å². The highest BCUT2D eigenvalue weighted by molar-refractivity contribution is 6.34. The van der Waals surface area contributed by atoms with Crippen molar-refractivity contribution < 1.29 is 13.2 Å². The molecule has 4 rings (SSSR count).